The average Bonchev–Trinajstić information content (AvgIpc) is 3.15. The summed E-state index contributed by atoms with van der Waals surface area (Å²) in [6, 6.07) is 11.6. The SMILES string of the molecule is COc1ccc2nc(CN3CCN(C(=O)c4cccc([N+](=O)[O-])c4)CC3)[nH]c2c1. The topological polar surface area (TPSA) is 105 Å². The van der Waals surface area contributed by atoms with Crippen LogP contribution in [-0.4, -0.2) is 63.9 Å². The van der Waals surface area contributed by atoms with E-state index in [1.807, 2.05) is 18.2 Å². The molecule has 1 saturated heterocycles. The van der Waals surface area contributed by atoms with Gasteiger partial charge in [0.1, 0.15) is 11.6 Å². The van der Waals surface area contributed by atoms with Gasteiger partial charge in [-0.15, -0.1) is 0 Å². The normalized spacial score (nSPS) is 14.9. The number of aromatic nitrogens is 2. The predicted octanol–water partition coefficient (Wildman–Crippen LogP) is 2.44. The van der Waals surface area contributed by atoms with Gasteiger partial charge in [-0.1, -0.05) is 6.07 Å². The van der Waals surface area contributed by atoms with Gasteiger partial charge in [0.05, 0.1) is 29.6 Å². The molecule has 150 valence electrons. The summed E-state index contributed by atoms with van der Waals surface area (Å²) in [4.78, 5) is 35.0. The Morgan fingerprint density at radius 3 is 2.72 bits per heavy atom. The van der Waals surface area contributed by atoms with Crippen molar-refractivity contribution in [3.63, 3.8) is 0 Å². The highest BCUT2D eigenvalue weighted by atomic mass is 16.6. The molecular weight excluding hydrogens is 374 g/mol. The molecule has 3 aromatic rings. The molecule has 0 spiro atoms. The number of nitro benzene ring substituents is 1. The number of carbonyl (C=O) groups is 1. The molecule has 29 heavy (non-hydrogen) atoms. The first-order valence-electron chi connectivity index (χ1n) is 9.32. The smallest absolute Gasteiger partial charge is 0.270 e. The first-order valence-corrected chi connectivity index (χ1v) is 9.32. The summed E-state index contributed by atoms with van der Waals surface area (Å²) < 4.78 is 5.24. The van der Waals surface area contributed by atoms with Gasteiger partial charge in [0, 0.05) is 49.9 Å². The second-order valence-corrected chi connectivity index (χ2v) is 6.94. The molecule has 0 radical (unpaired) electrons. The minimum Gasteiger partial charge on any atom is -0.497 e. The van der Waals surface area contributed by atoms with E-state index in [1.54, 1.807) is 18.1 Å². The number of H-pyrrole nitrogens is 1. The number of hydrogen-bond acceptors (Lipinski definition) is 6. The Kier molecular flexibility index (Phi) is 5.13. The second kappa shape index (κ2) is 7.88. The largest absolute Gasteiger partial charge is 0.497 e. The monoisotopic (exact) mass is 395 g/mol. The molecule has 1 aliphatic heterocycles. The number of nitro groups is 1. The lowest BCUT2D eigenvalue weighted by atomic mass is 10.1. The Labute approximate surface area is 167 Å². The molecular formula is C20H21N5O4. The molecule has 1 aliphatic rings. The molecule has 9 nitrogen and oxygen atoms in total. The average molecular weight is 395 g/mol. The summed E-state index contributed by atoms with van der Waals surface area (Å²) in [7, 11) is 1.63. The minimum absolute atomic E-state index is 0.0731. The Balaban J connectivity index is 1.37. The number of nitrogens with zero attached hydrogens (tertiary/aromatic N) is 4. The molecule has 0 saturated carbocycles. The zero-order valence-corrected chi connectivity index (χ0v) is 16.0. The summed E-state index contributed by atoms with van der Waals surface area (Å²) in [5, 5.41) is 10.9. The van der Waals surface area contributed by atoms with Crippen LogP contribution in [0.3, 0.4) is 0 Å². The lowest BCUT2D eigenvalue weighted by molar-refractivity contribution is -0.384. The molecule has 0 atom stereocenters. The fourth-order valence-corrected chi connectivity index (χ4v) is 3.50. The van der Waals surface area contributed by atoms with E-state index < -0.39 is 4.92 Å². The summed E-state index contributed by atoms with van der Waals surface area (Å²) in [6.45, 7) is 3.21. The maximum Gasteiger partial charge on any atom is 0.270 e. The third kappa shape index (κ3) is 4.04. The van der Waals surface area contributed by atoms with Crippen molar-refractivity contribution >= 4 is 22.6 Å². The number of piperazine rings is 1. The van der Waals surface area contributed by atoms with Crippen molar-refractivity contribution in [1.82, 2.24) is 19.8 Å². The molecule has 1 N–H and O–H groups in total. The Hall–Kier alpha value is -3.46. The number of methoxy groups -OCH3 is 1. The van der Waals surface area contributed by atoms with Gasteiger partial charge in [0.25, 0.3) is 11.6 Å². The highest BCUT2D eigenvalue weighted by Gasteiger charge is 2.23. The van der Waals surface area contributed by atoms with Crippen LogP contribution in [0.2, 0.25) is 0 Å². The van der Waals surface area contributed by atoms with Gasteiger partial charge in [-0.2, -0.15) is 0 Å². The Morgan fingerprint density at radius 2 is 2.00 bits per heavy atom. The molecule has 1 aromatic heterocycles. The standard InChI is InChI=1S/C20H21N5O4/c1-29-16-5-6-17-18(12-16)22-19(21-17)13-23-7-9-24(10-8-23)20(26)14-3-2-4-15(11-14)25(27)28/h2-6,11-12H,7-10,13H2,1H3,(H,21,22). The van der Waals surface area contributed by atoms with Gasteiger partial charge in [-0.25, -0.2) is 4.98 Å². The number of ether oxygens (including phenoxy) is 1. The van der Waals surface area contributed by atoms with Crippen molar-refractivity contribution in [2.45, 2.75) is 6.54 Å². The lowest BCUT2D eigenvalue weighted by Crippen LogP contribution is -2.48. The van der Waals surface area contributed by atoms with Crippen molar-refractivity contribution in [1.29, 1.82) is 0 Å². The number of rotatable bonds is 5. The molecule has 0 aliphatic carbocycles. The van der Waals surface area contributed by atoms with E-state index >= 15 is 0 Å². The second-order valence-electron chi connectivity index (χ2n) is 6.94. The first kappa shape index (κ1) is 18.9. The van der Waals surface area contributed by atoms with E-state index in [9.17, 15) is 14.9 Å². The van der Waals surface area contributed by atoms with Gasteiger partial charge >= 0.3 is 0 Å². The lowest BCUT2D eigenvalue weighted by Gasteiger charge is -2.34. The van der Waals surface area contributed by atoms with Crippen LogP contribution in [0.4, 0.5) is 5.69 Å². The number of non-ortho nitro benzene ring substituents is 1. The van der Waals surface area contributed by atoms with E-state index in [1.165, 1.54) is 18.2 Å². The molecule has 1 amide bonds. The number of carbonyl (C=O) groups excluding carboxylic acids is 1. The quantitative estimate of drug-likeness (QED) is 0.526. The highest BCUT2D eigenvalue weighted by Crippen LogP contribution is 2.20. The van der Waals surface area contributed by atoms with Crippen LogP contribution in [0.25, 0.3) is 11.0 Å². The van der Waals surface area contributed by atoms with Crippen LogP contribution in [-0.2, 0) is 6.54 Å². The third-order valence-electron chi connectivity index (χ3n) is 5.07. The Morgan fingerprint density at radius 1 is 1.21 bits per heavy atom. The van der Waals surface area contributed by atoms with E-state index in [2.05, 4.69) is 14.9 Å². The zero-order chi connectivity index (χ0) is 20.4. The summed E-state index contributed by atoms with van der Waals surface area (Å²) >= 11 is 0. The van der Waals surface area contributed by atoms with Crippen LogP contribution in [0.5, 0.6) is 5.75 Å². The van der Waals surface area contributed by atoms with Crippen LogP contribution in [0.1, 0.15) is 16.2 Å². The number of aromatic amines is 1. The van der Waals surface area contributed by atoms with Crippen LogP contribution in [0, 0.1) is 10.1 Å². The van der Waals surface area contributed by atoms with Crippen molar-refractivity contribution in [2.24, 2.45) is 0 Å². The van der Waals surface area contributed by atoms with E-state index in [0.29, 0.717) is 38.3 Å². The number of hydrogen-bond donors (Lipinski definition) is 1. The van der Waals surface area contributed by atoms with Gasteiger partial charge in [0.15, 0.2) is 0 Å². The molecule has 0 bridgehead atoms. The first-order chi connectivity index (χ1) is 14.0. The number of nitrogens with one attached hydrogen (secondary N) is 1. The molecule has 2 heterocycles. The van der Waals surface area contributed by atoms with E-state index in [4.69, 9.17) is 4.74 Å². The van der Waals surface area contributed by atoms with E-state index in [-0.39, 0.29) is 11.6 Å². The summed E-state index contributed by atoms with van der Waals surface area (Å²) in [5.41, 5.74) is 2.09. The van der Waals surface area contributed by atoms with Crippen molar-refractivity contribution in [3.8, 4) is 5.75 Å². The van der Waals surface area contributed by atoms with Gasteiger partial charge in [0.2, 0.25) is 0 Å². The maximum atomic E-state index is 12.7. The predicted molar refractivity (Wildman–Crippen MR) is 107 cm³/mol. The zero-order valence-electron chi connectivity index (χ0n) is 16.0. The minimum atomic E-state index is -0.488. The van der Waals surface area contributed by atoms with Gasteiger partial charge in [-0.05, 0) is 18.2 Å². The number of benzene rings is 2. The molecule has 2 aromatic carbocycles. The van der Waals surface area contributed by atoms with Crippen molar-refractivity contribution in [3.05, 3.63) is 64.0 Å². The molecule has 0 unspecified atom stereocenters. The van der Waals surface area contributed by atoms with Crippen LogP contribution in [0.15, 0.2) is 42.5 Å². The molecule has 4 rings (SSSR count). The molecule has 1 fully saturated rings. The molecule has 9 heteroatoms. The number of amides is 1. The summed E-state index contributed by atoms with van der Waals surface area (Å²) in [5.74, 6) is 1.47. The fraction of sp³-hybridized carbons (Fsp3) is 0.300. The third-order valence-corrected chi connectivity index (χ3v) is 5.07. The summed E-state index contributed by atoms with van der Waals surface area (Å²) in [6.07, 6.45) is 0. The maximum absolute atomic E-state index is 12.7. The van der Waals surface area contributed by atoms with Crippen molar-refractivity contribution < 1.29 is 14.5 Å². The van der Waals surface area contributed by atoms with Crippen molar-refractivity contribution in [2.75, 3.05) is 33.3 Å². The van der Waals surface area contributed by atoms with Crippen LogP contribution < -0.4 is 4.74 Å². The number of fused-ring (bicyclic) bond motifs is 1. The van der Waals surface area contributed by atoms with Gasteiger partial charge < -0.3 is 14.6 Å². The van der Waals surface area contributed by atoms with Gasteiger partial charge in [-0.3, -0.25) is 19.8 Å². The fourth-order valence-electron chi connectivity index (χ4n) is 3.50. The van der Waals surface area contributed by atoms with E-state index in [0.717, 1.165) is 22.6 Å². The highest BCUT2D eigenvalue weighted by molar-refractivity contribution is 5.94. The number of imidazole rings is 1. The Bertz CT molecular complexity index is 1060. The van der Waals surface area contributed by atoms with Crippen LogP contribution >= 0.6 is 0 Å².